The van der Waals surface area contributed by atoms with Crippen molar-refractivity contribution in [2.24, 2.45) is 5.92 Å². The third-order valence-electron chi connectivity index (χ3n) is 2.45. The average molecular weight is 194 g/mol. The Hall–Kier alpha value is -1.58. The summed E-state index contributed by atoms with van der Waals surface area (Å²) >= 11 is 0. The first-order chi connectivity index (χ1) is 6.58. The lowest BCUT2D eigenvalue weighted by molar-refractivity contribution is -0.141. The lowest BCUT2D eigenvalue weighted by atomic mass is 9.87. The van der Waals surface area contributed by atoms with Crippen LogP contribution in [0, 0.1) is 12.8 Å². The Bertz CT molecular complexity index is 402. The maximum atomic E-state index is 11.5. The largest absolute Gasteiger partial charge is 0.481 e. The average Bonchev–Trinajstić information content (AvgIpc) is 2.45. The van der Waals surface area contributed by atoms with Gasteiger partial charge in [0.1, 0.15) is 11.5 Å². The molecule has 1 aliphatic rings. The van der Waals surface area contributed by atoms with E-state index < -0.39 is 11.9 Å². The van der Waals surface area contributed by atoms with Crippen LogP contribution in [0.25, 0.3) is 0 Å². The molecule has 0 saturated carbocycles. The highest BCUT2D eigenvalue weighted by Gasteiger charge is 2.32. The summed E-state index contributed by atoms with van der Waals surface area (Å²) < 4.78 is 5.27. The van der Waals surface area contributed by atoms with Gasteiger partial charge >= 0.3 is 5.97 Å². The van der Waals surface area contributed by atoms with Crippen LogP contribution in [-0.2, 0) is 11.2 Å². The molecule has 0 bridgehead atoms. The molecule has 0 radical (unpaired) electrons. The molecular weight excluding hydrogens is 184 g/mol. The number of carbonyl (C=O) groups excluding carboxylic acids is 1. The first kappa shape index (κ1) is 8.99. The van der Waals surface area contributed by atoms with Crippen molar-refractivity contribution < 1.29 is 19.1 Å². The van der Waals surface area contributed by atoms with E-state index in [0.717, 1.165) is 0 Å². The topological polar surface area (TPSA) is 67.5 Å². The molecule has 0 saturated heterocycles. The molecular formula is C10H10O4. The third-order valence-corrected chi connectivity index (χ3v) is 2.45. The maximum absolute atomic E-state index is 11.5. The molecule has 1 N–H and O–H groups in total. The highest BCUT2D eigenvalue weighted by molar-refractivity contribution is 6.00. The van der Waals surface area contributed by atoms with E-state index >= 15 is 0 Å². The number of carboxylic acid groups (broad SMARTS) is 1. The zero-order valence-electron chi connectivity index (χ0n) is 7.74. The van der Waals surface area contributed by atoms with Gasteiger partial charge < -0.3 is 9.52 Å². The first-order valence-corrected chi connectivity index (χ1v) is 4.43. The van der Waals surface area contributed by atoms with E-state index in [-0.39, 0.29) is 12.2 Å². The molecule has 0 aromatic carbocycles. The Balaban J connectivity index is 2.37. The van der Waals surface area contributed by atoms with Gasteiger partial charge in [0.15, 0.2) is 5.78 Å². The zero-order valence-corrected chi connectivity index (χ0v) is 7.74. The summed E-state index contributed by atoms with van der Waals surface area (Å²) in [7, 11) is 0. The molecule has 1 heterocycles. The molecule has 0 spiro atoms. The van der Waals surface area contributed by atoms with Crippen LogP contribution in [0.15, 0.2) is 10.5 Å². The fraction of sp³-hybridized carbons (Fsp3) is 0.400. The molecule has 0 amide bonds. The number of ketones is 1. The Morgan fingerprint density at radius 3 is 2.93 bits per heavy atom. The van der Waals surface area contributed by atoms with Gasteiger partial charge in [-0.3, -0.25) is 9.59 Å². The van der Waals surface area contributed by atoms with Crippen molar-refractivity contribution in [2.75, 3.05) is 0 Å². The monoisotopic (exact) mass is 194 g/mol. The molecule has 4 heteroatoms. The first-order valence-electron chi connectivity index (χ1n) is 4.43. The number of Topliss-reactive ketones (excluding diaryl/α,β-unsaturated/α-hetero) is 1. The second kappa shape index (κ2) is 2.97. The summed E-state index contributed by atoms with van der Waals surface area (Å²) in [4.78, 5) is 22.2. The normalized spacial score (nSPS) is 20.6. The van der Waals surface area contributed by atoms with Gasteiger partial charge in [-0.05, 0) is 13.0 Å². The van der Waals surface area contributed by atoms with Crippen molar-refractivity contribution >= 4 is 11.8 Å². The molecule has 1 atom stereocenters. The fourth-order valence-corrected chi connectivity index (χ4v) is 1.75. The van der Waals surface area contributed by atoms with Crippen molar-refractivity contribution in [3.05, 3.63) is 23.2 Å². The van der Waals surface area contributed by atoms with Gasteiger partial charge in [-0.2, -0.15) is 0 Å². The predicted octanol–water partition coefficient (Wildman–Crippen LogP) is 1.42. The number of aliphatic carboxylic acids is 1. The molecule has 0 aliphatic heterocycles. The minimum Gasteiger partial charge on any atom is -0.481 e. The standard InChI is InChI=1S/C10H10O4/c1-5-2-7-8(11)3-6(10(12)13)4-9(7)14-5/h2,6H,3-4H2,1H3,(H,12,13). The SMILES string of the molecule is Cc1cc2c(o1)CC(C(=O)O)CC2=O. The molecule has 1 aliphatic carbocycles. The minimum absolute atomic E-state index is 0.0846. The summed E-state index contributed by atoms with van der Waals surface area (Å²) in [5.41, 5.74) is 0.556. The Morgan fingerprint density at radius 1 is 1.57 bits per heavy atom. The van der Waals surface area contributed by atoms with Crippen LogP contribution in [0.1, 0.15) is 28.3 Å². The van der Waals surface area contributed by atoms with Crippen LogP contribution >= 0.6 is 0 Å². The summed E-state index contributed by atoms with van der Waals surface area (Å²) in [5.74, 6) is -0.505. The summed E-state index contributed by atoms with van der Waals surface area (Å²) in [6, 6.07) is 1.68. The molecule has 0 fully saturated rings. The minimum atomic E-state index is -0.932. The van der Waals surface area contributed by atoms with Crippen LogP contribution in [0.2, 0.25) is 0 Å². The number of furan rings is 1. The predicted molar refractivity (Wildman–Crippen MR) is 47.2 cm³/mol. The van der Waals surface area contributed by atoms with Crippen molar-refractivity contribution in [2.45, 2.75) is 19.8 Å². The molecule has 2 rings (SSSR count). The van der Waals surface area contributed by atoms with Crippen LogP contribution < -0.4 is 0 Å². The number of fused-ring (bicyclic) bond motifs is 1. The third kappa shape index (κ3) is 1.32. The van der Waals surface area contributed by atoms with E-state index in [1.54, 1.807) is 13.0 Å². The highest BCUT2D eigenvalue weighted by atomic mass is 16.4. The number of aryl methyl sites for hydroxylation is 1. The van der Waals surface area contributed by atoms with Gasteiger partial charge in [0, 0.05) is 12.8 Å². The quantitative estimate of drug-likeness (QED) is 0.734. The molecule has 1 aromatic rings. The molecule has 1 aromatic heterocycles. The van der Waals surface area contributed by atoms with Crippen LogP contribution in [-0.4, -0.2) is 16.9 Å². The van der Waals surface area contributed by atoms with Crippen molar-refractivity contribution in [1.82, 2.24) is 0 Å². The van der Waals surface area contributed by atoms with E-state index in [0.29, 0.717) is 23.5 Å². The van der Waals surface area contributed by atoms with Crippen LogP contribution in [0.5, 0.6) is 0 Å². The lowest BCUT2D eigenvalue weighted by Gasteiger charge is -2.15. The number of hydrogen-bond acceptors (Lipinski definition) is 3. The number of carbonyl (C=O) groups is 2. The van der Waals surface area contributed by atoms with Crippen molar-refractivity contribution in [1.29, 1.82) is 0 Å². The van der Waals surface area contributed by atoms with E-state index in [1.165, 1.54) is 0 Å². The zero-order chi connectivity index (χ0) is 10.3. The second-order valence-electron chi connectivity index (χ2n) is 3.56. The van der Waals surface area contributed by atoms with Gasteiger partial charge in [0.2, 0.25) is 0 Å². The van der Waals surface area contributed by atoms with Gasteiger partial charge in [-0.15, -0.1) is 0 Å². The van der Waals surface area contributed by atoms with Gasteiger partial charge in [0.05, 0.1) is 11.5 Å². The van der Waals surface area contributed by atoms with E-state index in [9.17, 15) is 9.59 Å². The van der Waals surface area contributed by atoms with Crippen LogP contribution in [0.3, 0.4) is 0 Å². The van der Waals surface area contributed by atoms with Crippen molar-refractivity contribution in [3.8, 4) is 0 Å². The Morgan fingerprint density at radius 2 is 2.29 bits per heavy atom. The van der Waals surface area contributed by atoms with Crippen LogP contribution in [0.4, 0.5) is 0 Å². The van der Waals surface area contributed by atoms with Crippen molar-refractivity contribution in [3.63, 3.8) is 0 Å². The molecule has 1 unspecified atom stereocenters. The number of hydrogen-bond donors (Lipinski definition) is 1. The van der Waals surface area contributed by atoms with Gasteiger partial charge in [0.25, 0.3) is 0 Å². The summed E-state index contributed by atoms with van der Waals surface area (Å²) in [5, 5.41) is 8.79. The summed E-state index contributed by atoms with van der Waals surface area (Å²) in [6.45, 7) is 1.75. The number of carboxylic acids is 1. The fourth-order valence-electron chi connectivity index (χ4n) is 1.75. The van der Waals surface area contributed by atoms with E-state index in [4.69, 9.17) is 9.52 Å². The second-order valence-corrected chi connectivity index (χ2v) is 3.56. The lowest BCUT2D eigenvalue weighted by Crippen LogP contribution is -2.25. The Labute approximate surface area is 80.5 Å². The van der Waals surface area contributed by atoms with E-state index in [1.807, 2.05) is 0 Å². The smallest absolute Gasteiger partial charge is 0.307 e. The molecule has 14 heavy (non-hydrogen) atoms. The number of rotatable bonds is 1. The molecule has 4 nitrogen and oxygen atoms in total. The van der Waals surface area contributed by atoms with E-state index in [2.05, 4.69) is 0 Å². The Kier molecular flexibility index (Phi) is 1.91. The summed E-state index contributed by atoms with van der Waals surface area (Å²) in [6.07, 6.45) is 0.408. The van der Waals surface area contributed by atoms with Gasteiger partial charge in [-0.25, -0.2) is 0 Å². The highest BCUT2D eigenvalue weighted by Crippen LogP contribution is 2.28. The van der Waals surface area contributed by atoms with Gasteiger partial charge in [-0.1, -0.05) is 0 Å². The maximum Gasteiger partial charge on any atom is 0.307 e. The molecule has 74 valence electrons.